The van der Waals surface area contributed by atoms with Crippen molar-refractivity contribution < 1.29 is 18.9 Å². The average Bonchev–Trinajstić information content (AvgIpc) is 2.73. The molecule has 0 spiro atoms. The van der Waals surface area contributed by atoms with Gasteiger partial charge in [-0.25, -0.2) is 6.58 Å². The van der Waals surface area contributed by atoms with Crippen molar-refractivity contribution in [2.24, 2.45) is 5.73 Å². The summed E-state index contributed by atoms with van der Waals surface area (Å²) in [5, 5.41) is 0. The minimum atomic E-state index is 0. The van der Waals surface area contributed by atoms with Crippen LogP contribution >= 0.6 is 0 Å². The molecule has 0 aromatic heterocycles. The third-order valence-electron chi connectivity index (χ3n) is 1.96. The van der Waals surface area contributed by atoms with Gasteiger partial charge in [0, 0.05) is 0 Å². The van der Waals surface area contributed by atoms with E-state index in [0.717, 1.165) is 5.57 Å². The van der Waals surface area contributed by atoms with Crippen LogP contribution in [0.3, 0.4) is 0 Å². The monoisotopic (exact) mass is 183 g/mol. The maximum absolute atomic E-state index is 5.35. The summed E-state index contributed by atoms with van der Waals surface area (Å²) in [5.41, 5.74) is 9.07. The molecule has 1 saturated carbocycles. The number of hydrogen-bond donors (Lipinski definition) is 1. The van der Waals surface area contributed by atoms with Crippen LogP contribution in [0.2, 0.25) is 0 Å². The van der Waals surface area contributed by atoms with E-state index in [1.807, 2.05) is 0 Å². The van der Waals surface area contributed by atoms with Crippen molar-refractivity contribution in [3.8, 4) is 0 Å². The SMILES string of the molecule is [CH-]1CCCC1.[CH-]=C=C(C)C(N)=[C-]C.[Li+]. The van der Waals surface area contributed by atoms with E-state index in [2.05, 4.69) is 18.2 Å². The third-order valence-corrected chi connectivity index (χ3v) is 1.96. The fourth-order valence-electron chi connectivity index (χ4n) is 0.987. The van der Waals surface area contributed by atoms with Crippen molar-refractivity contribution >= 4 is 0 Å². The Morgan fingerprint density at radius 2 is 1.93 bits per heavy atom. The van der Waals surface area contributed by atoms with Crippen molar-refractivity contribution in [2.45, 2.75) is 39.5 Å². The number of hydrogen-bond acceptors (Lipinski definition) is 1. The van der Waals surface area contributed by atoms with Gasteiger partial charge >= 0.3 is 18.9 Å². The predicted molar refractivity (Wildman–Crippen MR) is 56.4 cm³/mol. The number of nitrogens with two attached hydrogens (primary N) is 1. The molecule has 0 aromatic carbocycles. The Hall–Kier alpha value is -0.343. The van der Waals surface area contributed by atoms with Gasteiger partial charge in [-0.2, -0.15) is 18.4 Å². The van der Waals surface area contributed by atoms with Gasteiger partial charge in [0.1, 0.15) is 0 Å². The maximum Gasteiger partial charge on any atom is 1.00 e. The van der Waals surface area contributed by atoms with Crippen molar-refractivity contribution in [3.05, 3.63) is 36.1 Å². The summed E-state index contributed by atoms with van der Waals surface area (Å²) in [6.07, 6.45) is 10.7. The molecule has 0 heterocycles. The molecule has 0 bridgehead atoms. The van der Waals surface area contributed by atoms with Crippen LogP contribution in [0.5, 0.6) is 0 Å². The molecule has 0 amide bonds. The molecule has 1 nitrogen and oxygen atoms in total. The van der Waals surface area contributed by atoms with Crippen molar-refractivity contribution in [1.29, 1.82) is 0 Å². The zero-order chi connectivity index (χ0) is 10.1. The molecule has 2 N–H and O–H groups in total. The zero-order valence-corrected chi connectivity index (χ0v) is 9.56. The standard InChI is InChI=1S/C7H9N.C5H9.Li/c1-4-6(3)7(8)5-2;1-2-4-5-3-1;/h1H,8H2,2-3H3;1H,2-5H2;/q-2;-1;+1. The summed E-state index contributed by atoms with van der Waals surface area (Å²) in [5.74, 6) is 0. The second kappa shape index (κ2) is 10.7. The topological polar surface area (TPSA) is 26.0 Å². The molecule has 0 aromatic rings. The van der Waals surface area contributed by atoms with E-state index in [-0.39, 0.29) is 18.9 Å². The van der Waals surface area contributed by atoms with Gasteiger partial charge in [0.05, 0.1) is 0 Å². The smallest absolute Gasteiger partial charge is 0.431 e. The molecule has 0 atom stereocenters. The Morgan fingerprint density at radius 3 is 2.07 bits per heavy atom. The minimum absolute atomic E-state index is 0. The zero-order valence-electron chi connectivity index (χ0n) is 9.56. The predicted octanol–water partition coefficient (Wildman–Crippen LogP) is -0.0448. The Labute approximate surface area is 100 Å². The van der Waals surface area contributed by atoms with Crippen LogP contribution in [0.1, 0.15) is 39.5 Å². The van der Waals surface area contributed by atoms with E-state index in [4.69, 9.17) is 12.3 Å². The Morgan fingerprint density at radius 1 is 1.43 bits per heavy atom. The second-order valence-corrected chi connectivity index (χ2v) is 3.01. The second-order valence-electron chi connectivity index (χ2n) is 3.01. The first kappa shape index (κ1) is 16.1. The molecule has 1 aliphatic rings. The largest absolute Gasteiger partial charge is 1.00 e. The van der Waals surface area contributed by atoms with E-state index in [0.29, 0.717) is 5.70 Å². The fraction of sp³-hybridized carbons (Fsp3) is 0.500. The third kappa shape index (κ3) is 8.26. The summed E-state index contributed by atoms with van der Waals surface area (Å²) in [6, 6.07) is 0. The summed E-state index contributed by atoms with van der Waals surface area (Å²) in [7, 11) is 0. The Bertz CT molecular complexity index is 201. The van der Waals surface area contributed by atoms with Gasteiger partial charge in [-0.05, 0) is 0 Å². The fourth-order valence-corrected chi connectivity index (χ4v) is 0.987. The van der Waals surface area contributed by atoms with Gasteiger partial charge in [-0.15, -0.1) is 12.6 Å². The molecule has 1 rings (SSSR count). The normalized spacial score (nSPS) is 14.6. The van der Waals surface area contributed by atoms with Gasteiger partial charge < -0.3 is 17.9 Å². The minimum Gasteiger partial charge on any atom is -0.431 e. The van der Waals surface area contributed by atoms with Gasteiger partial charge in [-0.3, -0.25) is 6.08 Å². The molecular weight excluding hydrogens is 165 g/mol. The van der Waals surface area contributed by atoms with Crippen LogP contribution in [-0.4, -0.2) is 0 Å². The first-order valence-electron chi connectivity index (χ1n) is 4.64. The summed E-state index contributed by atoms with van der Waals surface area (Å²) in [4.78, 5) is 0. The quantitative estimate of drug-likeness (QED) is 0.262. The number of rotatable bonds is 1. The molecule has 2 heteroatoms. The molecule has 0 unspecified atom stereocenters. The van der Waals surface area contributed by atoms with E-state index in [9.17, 15) is 0 Å². The first-order chi connectivity index (χ1) is 6.22. The molecule has 0 saturated heterocycles. The summed E-state index contributed by atoms with van der Waals surface area (Å²) >= 11 is 0. The molecule has 1 aliphatic carbocycles. The van der Waals surface area contributed by atoms with Gasteiger partial charge in [-0.1, -0.05) is 19.8 Å². The molecule has 0 radical (unpaired) electrons. The van der Waals surface area contributed by atoms with E-state index >= 15 is 0 Å². The Kier molecular flexibility index (Phi) is 12.3. The van der Waals surface area contributed by atoms with Crippen LogP contribution in [0.25, 0.3) is 0 Å². The molecule has 0 aliphatic heterocycles. The molecular formula is C12H18LiN-2. The van der Waals surface area contributed by atoms with Crippen LogP contribution < -0.4 is 24.6 Å². The van der Waals surface area contributed by atoms with Crippen molar-refractivity contribution in [1.82, 2.24) is 0 Å². The van der Waals surface area contributed by atoms with Crippen molar-refractivity contribution in [2.75, 3.05) is 0 Å². The van der Waals surface area contributed by atoms with Crippen LogP contribution in [0, 0.1) is 19.1 Å². The number of allylic oxidation sites excluding steroid dienone is 2. The van der Waals surface area contributed by atoms with E-state index in [1.165, 1.54) is 25.7 Å². The Balaban J connectivity index is 0. The average molecular weight is 183 g/mol. The first-order valence-corrected chi connectivity index (χ1v) is 4.64. The van der Waals surface area contributed by atoms with E-state index < -0.39 is 0 Å². The summed E-state index contributed by atoms with van der Waals surface area (Å²) in [6.45, 7) is 8.54. The van der Waals surface area contributed by atoms with Crippen LogP contribution in [-0.2, 0) is 0 Å². The molecule has 1 fully saturated rings. The maximum atomic E-state index is 5.35. The summed E-state index contributed by atoms with van der Waals surface area (Å²) < 4.78 is 0. The molecule has 74 valence electrons. The molecule has 14 heavy (non-hydrogen) atoms. The van der Waals surface area contributed by atoms with Gasteiger partial charge in [0.2, 0.25) is 0 Å². The van der Waals surface area contributed by atoms with Gasteiger partial charge in [0.25, 0.3) is 0 Å². The van der Waals surface area contributed by atoms with Crippen LogP contribution in [0.15, 0.2) is 17.0 Å². The van der Waals surface area contributed by atoms with Crippen molar-refractivity contribution in [3.63, 3.8) is 0 Å². The van der Waals surface area contributed by atoms with E-state index in [1.54, 1.807) is 13.8 Å². The van der Waals surface area contributed by atoms with Gasteiger partial charge in [0.15, 0.2) is 0 Å². The van der Waals surface area contributed by atoms with Crippen LogP contribution in [0.4, 0.5) is 0 Å².